The number of rotatable bonds is 3. The molecule has 1 aromatic carbocycles. The van der Waals surface area contributed by atoms with E-state index in [-0.39, 0.29) is 22.9 Å². The molecule has 1 unspecified atom stereocenters. The number of carbonyl (C=O) groups excluding carboxylic acids is 1. The van der Waals surface area contributed by atoms with E-state index in [1.54, 1.807) is 32.0 Å². The number of amides is 1. The van der Waals surface area contributed by atoms with Crippen molar-refractivity contribution < 1.29 is 9.18 Å². The van der Waals surface area contributed by atoms with Gasteiger partial charge < -0.3 is 5.32 Å². The van der Waals surface area contributed by atoms with Crippen LogP contribution in [0.2, 0.25) is 5.15 Å². The van der Waals surface area contributed by atoms with Gasteiger partial charge in [0.05, 0.1) is 6.04 Å². The summed E-state index contributed by atoms with van der Waals surface area (Å²) in [4.78, 5) is 16.1. The second-order valence-electron chi connectivity index (χ2n) is 4.57. The van der Waals surface area contributed by atoms with Crippen LogP contribution in [0.1, 0.15) is 34.6 Å². The van der Waals surface area contributed by atoms with Gasteiger partial charge in [-0.05, 0) is 43.7 Å². The third-order valence-electron chi connectivity index (χ3n) is 2.88. The quantitative estimate of drug-likeness (QED) is 0.877. The molecule has 104 valence electrons. The molecule has 1 heterocycles. The van der Waals surface area contributed by atoms with Gasteiger partial charge in [0.1, 0.15) is 11.0 Å². The molecular weight excluding hydrogens is 279 g/mol. The lowest BCUT2D eigenvalue weighted by atomic mass is 10.1. The predicted octanol–water partition coefficient (Wildman–Crippen LogP) is 3.67. The van der Waals surface area contributed by atoms with Crippen molar-refractivity contribution in [3.63, 3.8) is 0 Å². The summed E-state index contributed by atoms with van der Waals surface area (Å²) in [5.74, 6) is -0.597. The lowest BCUT2D eigenvalue weighted by molar-refractivity contribution is 0.0939. The summed E-state index contributed by atoms with van der Waals surface area (Å²) in [6.45, 7) is 3.56. The molecule has 0 radical (unpaired) electrons. The molecule has 0 aliphatic heterocycles. The average molecular weight is 293 g/mol. The monoisotopic (exact) mass is 292 g/mol. The van der Waals surface area contributed by atoms with Crippen LogP contribution in [0.3, 0.4) is 0 Å². The molecule has 0 spiro atoms. The molecule has 1 atom stereocenters. The normalized spacial score (nSPS) is 12.0. The number of nitrogens with one attached hydrogen (secondary N) is 1. The van der Waals surface area contributed by atoms with Crippen LogP contribution >= 0.6 is 11.6 Å². The van der Waals surface area contributed by atoms with Gasteiger partial charge >= 0.3 is 0 Å². The van der Waals surface area contributed by atoms with Crippen molar-refractivity contribution in [2.45, 2.75) is 19.9 Å². The van der Waals surface area contributed by atoms with Crippen molar-refractivity contribution in [3.8, 4) is 0 Å². The summed E-state index contributed by atoms with van der Waals surface area (Å²) in [6, 6.07) is 8.99. The fraction of sp³-hybridized carbons (Fsp3) is 0.200. The number of carbonyl (C=O) groups is 1. The maximum atomic E-state index is 13.2. The van der Waals surface area contributed by atoms with Gasteiger partial charge in [0.2, 0.25) is 0 Å². The summed E-state index contributed by atoms with van der Waals surface area (Å²) >= 11 is 5.83. The highest BCUT2D eigenvalue weighted by Gasteiger charge is 2.13. The number of aryl methyl sites for hydroxylation is 1. The summed E-state index contributed by atoms with van der Waals surface area (Å²) in [5, 5.41) is 3.07. The van der Waals surface area contributed by atoms with Crippen molar-refractivity contribution in [2.24, 2.45) is 0 Å². The lowest BCUT2D eigenvalue weighted by Gasteiger charge is -2.14. The Bertz CT molecular complexity index is 625. The van der Waals surface area contributed by atoms with Crippen LogP contribution in [0.5, 0.6) is 0 Å². The zero-order valence-corrected chi connectivity index (χ0v) is 11.9. The standard InChI is InChI=1S/C15H14ClFN2O/c1-9-6-12(8-14(16)18-9)15(20)19-10(2)11-4-3-5-13(17)7-11/h3-8,10H,1-2H3,(H,19,20). The Morgan fingerprint density at radius 3 is 2.75 bits per heavy atom. The first-order valence-corrected chi connectivity index (χ1v) is 6.54. The van der Waals surface area contributed by atoms with E-state index in [0.717, 1.165) is 0 Å². The molecule has 0 saturated carbocycles. The fourth-order valence-electron chi connectivity index (χ4n) is 1.90. The third-order valence-corrected chi connectivity index (χ3v) is 3.07. The van der Waals surface area contributed by atoms with Crippen molar-refractivity contribution in [2.75, 3.05) is 0 Å². The number of nitrogens with zero attached hydrogens (tertiary/aromatic N) is 1. The molecule has 2 aromatic rings. The van der Waals surface area contributed by atoms with Gasteiger partial charge in [0.25, 0.3) is 5.91 Å². The highest BCUT2D eigenvalue weighted by molar-refractivity contribution is 6.29. The molecular formula is C15H14ClFN2O. The Morgan fingerprint density at radius 1 is 1.35 bits per heavy atom. The summed E-state index contributed by atoms with van der Waals surface area (Å²) in [5.41, 5.74) is 1.81. The second kappa shape index (κ2) is 6.01. The van der Waals surface area contributed by atoms with Gasteiger partial charge in [-0.2, -0.15) is 0 Å². The summed E-state index contributed by atoms with van der Waals surface area (Å²) in [7, 11) is 0. The average Bonchev–Trinajstić information content (AvgIpc) is 2.37. The Labute approximate surface area is 121 Å². The molecule has 0 aliphatic carbocycles. The summed E-state index contributed by atoms with van der Waals surface area (Å²) in [6.07, 6.45) is 0. The van der Waals surface area contributed by atoms with Gasteiger partial charge in [0, 0.05) is 11.3 Å². The van der Waals surface area contributed by atoms with Gasteiger partial charge in [-0.1, -0.05) is 23.7 Å². The van der Waals surface area contributed by atoms with E-state index >= 15 is 0 Å². The molecule has 0 bridgehead atoms. The van der Waals surface area contributed by atoms with E-state index in [2.05, 4.69) is 10.3 Å². The molecule has 20 heavy (non-hydrogen) atoms. The summed E-state index contributed by atoms with van der Waals surface area (Å²) < 4.78 is 13.2. The lowest BCUT2D eigenvalue weighted by Crippen LogP contribution is -2.26. The fourth-order valence-corrected chi connectivity index (χ4v) is 2.15. The van der Waals surface area contributed by atoms with E-state index in [9.17, 15) is 9.18 Å². The van der Waals surface area contributed by atoms with Crippen LogP contribution in [-0.4, -0.2) is 10.9 Å². The van der Waals surface area contributed by atoms with Gasteiger partial charge in [-0.3, -0.25) is 4.79 Å². The van der Waals surface area contributed by atoms with Gasteiger partial charge in [0.15, 0.2) is 0 Å². The van der Waals surface area contributed by atoms with Crippen LogP contribution in [-0.2, 0) is 0 Å². The first-order chi connectivity index (χ1) is 9.45. The number of hydrogen-bond acceptors (Lipinski definition) is 2. The number of pyridine rings is 1. The van der Waals surface area contributed by atoms with Crippen molar-refractivity contribution in [1.29, 1.82) is 0 Å². The predicted molar refractivity (Wildman–Crippen MR) is 76.3 cm³/mol. The minimum Gasteiger partial charge on any atom is -0.346 e. The molecule has 3 nitrogen and oxygen atoms in total. The number of hydrogen-bond donors (Lipinski definition) is 1. The smallest absolute Gasteiger partial charge is 0.251 e. The molecule has 0 fully saturated rings. The SMILES string of the molecule is Cc1cc(C(=O)NC(C)c2cccc(F)c2)cc(Cl)n1. The van der Waals surface area contributed by atoms with Gasteiger partial charge in [-0.15, -0.1) is 0 Å². The minimum atomic E-state index is -0.327. The van der Waals surface area contributed by atoms with Crippen LogP contribution < -0.4 is 5.32 Å². The molecule has 0 aliphatic rings. The minimum absolute atomic E-state index is 0.269. The van der Waals surface area contributed by atoms with Crippen molar-refractivity contribution >= 4 is 17.5 Å². The highest BCUT2D eigenvalue weighted by Crippen LogP contribution is 2.15. The Balaban J connectivity index is 2.15. The van der Waals surface area contributed by atoms with E-state index in [1.807, 2.05) is 0 Å². The van der Waals surface area contributed by atoms with Crippen LogP contribution in [0, 0.1) is 12.7 Å². The van der Waals surface area contributed by atoms with Crippen molar-refractivity contribution in [3.05, 3.63) is 64.2 Å². The van der Waals surface area contributed by atoms with E-state index in [4.69, 9.17) is 11.6 Å². The van der Waals surface area contributed by atoms with E-state index in [0.29, 0.717) is 16.8 Å². The number of benzene rings is 1. The van der Waals surface area contributed by atoms with Crippen LogP contribution in [0.15, 0.2) is 36.4 Å². The largest absolute Gasteiger partial charge is 0.346 e. The molecule has 5 heteroatoms. The van der Waals surface area contributed by atoms with Gasteiger partial charge in [-0.25, -0.2) is 9.37 Å². The second-order valence-corrected chi connectivity index (χ2v) is 4.96. The molecule has 1 aromatic heterocycles. The molecule has 1 amide bonds. The Kier molecular flexibility index (Phi) is 4.35. The van der Waals surface area contributed by atoms with Crippen LogP contribution in [0.25, 0.3) is 0 Å². The molecule has 1 N–H and O–H groups in total. The Hall–Kier alpha value is -1.94. The van der Waals surface area contributed by atoms with Crippen LogP contribution in [0.4, 0.5) is 4.39 Å². The first-order valence-electron chi connectivity index (χ1n) is 6.16. The number of halogens is 2. The van der Waals surface area contributed by atoms with E-state index < -0.39 is 0 Å². The molecule has 0 saturated heterocycles. The molecule has 2 rings (SSSR count). The third kappa shape index (κ3) is 3.54. The first kappa shape index (κ1) is 14.5. The zero-order chi connectivity index (χ0) is 14.7. The zero-order valence-electron chi connectivity index (χ0n) is 11.2. The maximum Gasteiger partial charge on any atom is 0.251 e. The maximum absolute atomic E-state index is 13.2. The Morgan fingerprint density at radius 2 is 2.10 bits per heavy atom. The van der Waals surface area contributed by atoms with Crippen molar-refractivity contribution in [1.82, 2.24) is 10.3 Å². The highest BCUT2D eigenvalue weighted by atomic mass is 35.5. The van der Waals surface area contributed by atoms with E-state index in [1.165, 1.54) is 18.2 Å². The number of aromatic nitrogens is 1. The topological polar surface area (TPSA) is 42.0 Å².